The van der Waals surface area contributed by atoms with Crippen molar-refractivity contribution < 1.29 is 9.90 Å². The molecule has 0 unspecified atom stereocenters. The smallest absolute Gasteiger partial charge is 0.230 e. The van der Waals surface area contributed by atoms with Crippen molar-refractivity contribution in [1.29, 1.82) is 0 Å². The van der Waals surface area contributed by atoms with Gasteiger partial charge in [-0.3, -0.25) is 4.79 Å². The number of hydrogen-bond donors (Lipinski definition) is 2. The van der Waals surface area contributed by atoms with Crippen LogP contribution in [-0.2, 0) is 10.2 Å². The van der Waals surface area contributed by atoms with Gasteiger partial charge in [-0.25, -0.2) is 0 Å². The minimum absolute atomic E-state index is 0.123. The Kier molecular flexibility index (Phi) is 4.59. The first-order valence-corrected chi connectivity index (χ1v) is 7.15. The second kappa shape index (κ2) is 6.20. The van der Waals surface area contributed by atoms with Crippen molar-refractivity contribution in [2.24, 2.45) is 0 Å². The van der Waals surface area contributed by atoms with Crippen LogP contribution in [0.15, 0.2) is 24.3 Å². The van der Waals surface area contributed by atoms with Gasteiger partial charge in [0.25, 0.3) is 0 Å². The Morgan fingerprint density at radius 1 is 1.37 bits per heavy atom. The molecule has 1 aromatic rings. The van der Waals surface area contributed by atoms with Crippen LogP contribution in [0.5, 0.6) is 0 Å². The fraction of sp³-hybridized carbons (Fsp3) is 0.562. The Labute approximate surface area is 115 Å². The maximum atomic E-state index is 12.6. The average Bonchev–Trinajstić information content (AvgIpc) is 2.89. The van der Waals surface area contributed by atoms with Crippen molar-refractivity contribution in [3.05, 3.63) is 35.4 Å². The molecule has 3 heteroatoms. The Morgan fingerprint density at radius 3 is 2.74 bits per heavy atom. The maximum absolute atomic E-state index is 12.6. The third kappa shape index (κ3) is 2.98. The Balaban J connectivity index is 2.20. The molecule has 2 N–H and O–H groups in total. The maximum Gasteiger partial charge on any atom is 0.230 e. The summed E-state index contributed by atoms with van der Waals surface area (Å²) in [5.41, 5.74) is 2.00. The van der Waals surface area contributed by atoms with E-state index in [9.17, 15) is 4.79 Å². The van der Waals surface area contributed by atoms with Crippen molar-refractivity contribution in [2.75, 3.05) is 13.2 Å². The van der Waals surface area contributed by atoms with E-state index in [0.29, 0.717) is 13.0 Å². The molecule has 104 valence electrons. The Bertz CT molecular complexity index is 436. The number of nitrogens with one attached hydrogen (secondary N) is 1. The van der Waals surface area contributed by atoms with Crippen LogP contribution < -0.4 is 5.32 Å². The zero-order valence-electron chi connectivity index (χ0n) is 11.6. The van der Waals surface area contributed by atoms with Crippen LogP contribution in [0, 0.1) is 6.92 Å². The van der Waals surface area contributed by atoms with Gasteiger partial charge in [-0.05, 0) is 31.7 Å². The lowest BCUT2D eigenvalue weighted by Gasteiger charge is -2.28. The van der Waals surface area contributed by atoms with Gasteiger partial charge in [-0.2, -0.15) is 0 Å². The largest absolute Gasteiger partial charge is 0.396 e. The first kappa shape index (κ1) is 14.1. The molecule has 0 heterocycles. The topological polar surface area (TPSA) is 49.3 Å². The molecule has 1 aliphatic carbocycles. The minimum atomic E-state index is -0.346. The lowest BCUT2D eigenvalue weighted by molar-refractivity contribution is -0.126. The van der Waals surface area contributed by atoms with Crippen LogP contribution in [0.4, 0.5) is 0 Å². The number of amides is 1. The molecule has 1 fully saturated rings. The van der Waals surface area contributed by atoms with Gasteiger partial charge in [0.2, 0.25) is 5.91 Å². The van der Waals surface area contributed by atoms with Crippen LogP contribution in [0.25, 0.3) is 0 Å². The second-order valence-corrected chi connectivity index (χ2v) is 5.49. The molecule has 0 aliphatic heterocycles. The summed E-state index contributed by atoms with van der Waals surface area (Å²) in [6.45, 7) is 2.75. The molecule has 0 aromatic heterocycles. The molecule has 1 saturated carbocycles. The number of carbonyl (C=O) groups excluding carboxylic acids is 1. The average molecular weight is 261 g/mol. The zero-order chi connectivity index (χ0) is 13.7. The fourth-order valence-corrected chi connectivity index (χ4v) is 3.02. The molecule has 0 spiro atoms. The SMILES string of the molecule is Cc1cccc(C2(C(=O)NCCCO)CCCC2)c1. The summed E-state index contributed by atoms with van der Waals surface area (Å²) in [6.07, 6.45) is 4.71. The molecule has 0 atom stereocenters. The lowest BCUT2D eigenvalue weighted by Crippen LogP contribution is -2.43. The Hall–Kier alpha value is -1.35. The van der Waals surface area contributed by atoms with E-state index in [-0.39, 0.29) is 17.9 Å². The van der Waals surface area contributed by atoms with Gasteiger partial charge in [0.1, 0.15) is 0 Å². The van der Waals surface area contributed by atoms with E-state index in [4.69, 9.17) is 5.11 Å². The second-order valence-electron chi connectivity index (χ2n) is 5.49. The number of benzene rings is 1. The highest BCUT2D eigenvalue weighted by Gasteiger charge is 2.42. The molecular formula is C16H23NO2. The van der Waals surface area contributed by atoms with Gasteiger partial charge in [-0.15, -0.1) is 0 Å². The molecule has 0 saturated heterocycles. The van der Waals surface area contributed by atoms with Crippen molar-refractivity contribution >= 4 is 5.91 Å². The lowest BCUT2D eigenvalue weighted by atomic mass is 9.77. The summed E-state index contributed by atoms with van der Waals surface area (Å²) >= 11 is 0. The molecule has 1 aliphatic rings. The van der Waals surface area contributed by atoms with Crippen molar-refractivity contribution in [3.63, 3.8) is 0 Å². The van der Waals surface area contributed by atoms with Gasteiger partial charge in [0.05, 0.1) is 5.41 Å². The first-order chi connectivity index (χ1) is 9.19. The summed E-state index contributed by atoms with van der Waals surface area (Å²) < 4.78 is 0. The van der Waals surface area contributed by atoms with Gasteiger partial charge in [0.15, 0.2) is 0 Å². The van der Waals surface area contributed by atoms with Crippen LogP contribution in [-0.4, -0.2) is 24.2 Å². The summed E-state index contributed by atoms with van der Waals surface area (Å²) in [5, 5.41) is 11.8. The first-order valence-electron chi connectivity index (χ1n) is 7.15. The van der Waals surface area contributed by atoms with Crippen molar-refractivity contribution in [1.82, 2.24) is 5.32 Å². The number of aliphatic hydroxyl groups is 1. The minimum Gasteiger partial charge on any atom is -0.396 e. The van der Waals surface area contributed by atoms with Gasteiger partial charge >= 0.3 is 0 Å². The van der Waals surface area contributed by atoms with Crippen molar-refractivity contribution in [2.45, 2.75) is 44.4 Å². The standard InChI is InChI=1S/C16H23NO2/c1-13-6-4-7-14(12-13)16(8-2-3-9-16)15(19)17-10-5-11-18/h4,6-7,12,18H,2-3,5,8-11H2,1H3,(H,17,19). The predicted molar refractivity (Wildman–Crippen MR) is 76.0 cm³/mol. The van der Waals surface area contributed by atoms with Crippen LogP contribution in [0.1, 0.15) is 43.2 Å². The zero-order valence-corrected chi connectivity index (χ0v) is 11.6. The van der Waals surface area contributed by atoms with Gasteiger partial charge in [-0.1, -0.05) is 42.7 Å². The summed E-state index contributed by atoms with van der Waals surface area (Å²) in [5.74, 6) is 0.129. The molecule has 0 bridgehead atoms. The van der Waals surface area contributed by atoms with Crippen LogP contribution >= 0.6 is 0 Å². The van der Waals surface area contributed by atoms with Gasteiger partial charge in [0, 0.05) is 13.2 Å². The van der Waals surface area contributed by atoms with E-state index in [0.717, 1.165) is 31.2 Å². The highest BCUT2D eigenvalue weighted by molar-refractivity contribution is 5.88. The van der Waals surface area contributed by atoms with E-state index in [1.165, 1.54) is 5.56 Å². The fourth-order valence-electron chi connectivity index (χ4n) is 3.02. The van der Waals surface area contributed by atoms with Gasteiger partial charge < -0.3 is 10.4 Å². The van der Waals surface area contributed by atoms with E-state index >= 15 is 0 Å². The number of hydrogen-bond acceptors (Lipinski definition) is 2. The number of aryl methyl sites for hydroxylation is 1. The van der Waals surface area contributed by atoms with Crippen LogP contribution in [0.3, 0.4) is 0 Å². The number of rotatable bonds is 5. The quantitative estimate of drug-likeness (QED) is 0.799. The van der Waals surface area contributed by atoms with Crippen LogP contribution in [0.2, 0.25) is 0 Å². The summed E-state index contributed by atoms with van der Waals surface area (Å²) in [4.78, 5) is 12.6. The highest BCUT2D eigenvalue weighted by atomic mass is 16.3. The normalized spacial score (nSPS) is 17.4. The third-order valence-corrected chi connectivity index (χ3v) is 4.08. The molecule has 2 rings (SSSR count). The summed E-state index contributed by atoms with van der Waals surface area (Å²) in [6, 6.07) is 8.31. The van der Waals surface area contributed by atoms with E-state index in [1.807, 2.05) is 6.07 Å². The van der Waals surface area contributed by atoms with Crippen molar-refractivity contribution in [3.8, 4) is 0 Å². The third-order valence-electron chi connectivity index (χ3n) is 4.08. The molecule has 0 radical (unpaired) electrons. The Morgan fingerprint density at radius 2 is 2.11 bits per heavy atom. The monoisotopic (exact) mass is 261 g/mol. The molecule has 1 amide bonds. The molecule has 19 heavy (non-hydrogen) atoms. The number of carbonyl (C=O) groups is 1. The number of aliphatic hydroxyl groups excluding tert-OH is 1. The summed E-state index contributed by atoms with van der Waals surface area (Å²) in [7, 11) is 0. The molecule has 1 aromatic carbocycles. The predicted octanol–water partition coefficient (Wildman–Crippen LogP) is 2.31. The molecular weight excluding hydrogens is 238 g/mol. The van der Waals surface area contributed by atoms with E-state index < -0.39 is 0 Å². The van der Waals surface area contributed by atoms with E-state index in [2.05, 4.69) is 30.4 Å². The molecule has 3 nitrogen and oxygen atoms in total. The highest BCUT2D eigenvalue weighted by Crippen LogP contribution is 2.41. The van der Waals surface area contributed by atoms with E-state index in [1.54, 1.807) is 0 Å².